The Bertz CT molecular complexity index is 1230. The molecule has 0 radical (unpaired) electrons. The molecule has 3 rings (SSSR count). The summed E-state index contributed by atoms with van der Waals surface area (Å²) in [4.78, 5) is 10.3. The number of hydrogen-bond acceptors (Lipinski definition) is 7. The average molecular weight is 420 g/mol. The summed E-state index contributed by atoms with van der Waals surface area (Å²) in [6, 6.07) is 11.6. The first-order valence-electron chi connectivity index (χ1n) is 7.85. The van der Waals surface area contributed by atoms with Crippen LogP contribution >= 0.6 is 11.6 Å². The van der Waals surface area contributed by atoms with Crippen LogP contribution in [0.15, 0.2) is 63.7 Å². The van der Waals surface area contributed by atoms with E-state index in [0.717, 1.165) is 0 Å². The molecule has 0 saturated heterocycles. The Labute approximate surface area is 165 Å². The van der Waals surface area contributed by atoms with Crippen LogP contribution in [0.2, 0.25) is 5.02 Å². The molecule has 28 heavy (non-hydrogen) atoms. The molecule has 0 unspecified atom stereocenters. The predicted molar refractivity (Wildman–Crippen MR) is 107 cm³/mol. The monoisotopic (exact) mass is 419 g/mol. The summed E-state index contributed by atoms with van der Waals surface area (Å²) < 4.78 is 26.8. The SMILES string of the molecule is CNS(=O)(=O)c1cccc2c(N=Nc3ccc([N+](=O)[O-])cc3Cl)c(N)ccc12. The average Bonchev–Trinajstić information content (AvgIpc) is 2.67. The van der Waals surface area contributed by atoms with Gasteiger partial charge in [0.25, 0.3) is 5.69 Å². The normalized spacial score (nSPS) is 11.9. The van der Waals surface area contributed by atoms with Crippen LogP contribution in [0.1, 0.15) is 0 Å². The summed E-state index contributed by atoms with van der Waals surface area (Å²) >= 11 is 6.02. The zero-order chi connectivity index (χ0) is 20.5. The number of nitrogens with two attached hydrogens (primary N) is 1. The number of benzene rings is 3. The molecule has 0 atom stereocenters. The largest absolute Gasteiger partial charge is 0.397 e. The van der Waals surface area contributed by atoms with E-state index in [1.165, 1.54) is 37.4 Å². The Balaban J connectivity index is 2.14. The fourth-order valence-electron chi connectivity index (χ4n) is 2.58. The standard InChI is InChI=1S/C17H14ClN5O4S/c1-20-28(26,27)16-4-2-3-12-11(16)6-7-14(19)17(12)22-21-15-8-5-10(23(24)25)9-13(15)18/h2-9,20H,19H2,1H3. The van der Waals surface area contributed by atoms with E-state index in [0.29, 0.717) is 10.8 Å². The number of fused-ring (bicyclic) bond motifs is 1. The van der Waals surface area contributed by atoms with Gasteiger partial charge in [-0.3, -0.25) is 10.1 Å². The van der Waals surface area contributed by atoms with Crippen molar-refractivity contribution in [2.75, 3.05) is 12.8 Å². The number of nitrogens with zero attached hydrogens (tertiary/aromatic N) is 3. The maximum Gasteiger partial charge on any atom is 0.271 e. The lowest BCUT2D eigenvalue weighted by Crippen LogP contribution is -2.18. The number of sulfonamides is 1. The Kier molecular flexibility index (Phi) is 5.27. The second kappa shape index (κ2) is 7.50. The van der Waals surface area contributed by atoms with E-state index < -0.39 is 14.9 Å². The summed E-state index contributed by atoms with van der Waals surface area (Å²) in [6.07, 6.45) is 0. The van der Waals surface area contributed by atoms with Gasteiger partial charge >= 0.3 is 0 Å². The van der Waals surface area contributed by atoms with E-state index in [4.69, 9.17) is 17.3 Å². The number of non-ortho nitro benzene ring substituents is 1. The number of halogens is 1. The first-order valence-corrected chi connectivity index (χ1v) is 9.71. The van der Waals surface area contributed by atoms with E-state index in [-0.39, 0.29) is 32.7 Å². The topological polar surface area (TPSA) is 140 Å². The van der Waals surface area contributed by atoms with E-state index in [2.05, 4.69) is 15.0 Å². The summed E-state index contributed by atoms with van der Waals surface area (Å²) in [5.41, 5.74) is 6.59. The van der Waals surface area contributed by atoms with Crippen molar-refractivity contribution in [1.29, 1.82) is 0 Å². The Morgan fingerprint density at radius 3 is 2.50 bits per heavy atom. The van der Waals surface area contributed by atoms with Gasteiger partial charge in [-0.05, 0) is 25.2 Å². The van der Waals surface area contributed by atoms with Gasteiger partial charge in [-0.1, -0.05) is 29.8 Å². The highest BCUT2D eigenvalue weighted by molar-refractivity contribution is 7.89. The molecule has 0 saturated carbocycles. The molecule has 3 aromatic rings. The molecule has 9 nitrogen and oxygen atoms in total. The van der Waals surface area contributed by atoms with Gasteiger partial charge in [-0.15, -0.1) is 10.2 Å². The predicted octanol–water partition coefficient (Wildman–Crippen LogP) is 4.31. The van der Waals surface area contributed by atoms with Crippen LogP contribution in [0.4, 0.5) is 22.7 Å². The quantitative estimate of drug-likeness (QED) is 0.274. The number of nitrogens with one attached hydrogen (secondary N) is 1. The van der Waals surface area contributed by atoms with Crippen molar-refractivity contribution in [2.24, 2.45) is 10.2 Å². The van der Waals surface area contributed by atoms with Gasteiger partial charge in [0.1, 0.15) is 11.4 Å². The van der Waals surface area contributed by atoms with Crippen LogP contribution in [0, 0.1) is 10.1 Å². The first kappa shape index (κ1) is 19.7. The van der Waals surface area contributed by atoms with Gasteiger partial charge in [0.15, 0.2) is 0 Å². The molecular weight excluding hydrogens is 406 g/mol. The minimum absolute atomic E-state index is 0.0511. The number of hydrogen-bond donors (Lipinski definition) is 2. The summed E-state index contributed by atoms with van der Waals surface area (Å²) in [5.74, 6) is 0. The second-order valence-electron chi connectivity index (χ2n) is 5.66. The molecular formula is C17H14ClN5O4S. The van der Waals surface area contributed by atoms with Crippen LogP contribution in [0.25, 0.3) is 10.8 Å². The second-order valence-corrected chi connectivity index (χ2v) is 7.92. The minimum atomic E-state index is -3.69. The summed E-state index contributed by atoms with van der Waals surface area (Å²) in [7, 11) is -2.37. The Morgan fingerprint density at radius 2 is 1.86 bits per heavy atom. The van der Waals surface area contributed by atoms with Crippen LogP contribution in [0.3, 0.4) is 0 Å². The molecule has 3 aromatic carbocycles. The molecule has 0 bridgehead atoms. The third-order valence-electron chi connectivity index (χ3n) is 3.98. The Hall–Kier alpha value is -3.08. The zero-order valence-corrected chi connectivity index (χ0v) is 16.0. The fourth-order valence-corrected chi connectivity index (χ4v) is 3.74. The van der Waals surface area contributed by atoms with Gasteiger partial charge < -0.3 is 5.73 Å². The maximum absolute atomic E-state index is 12.3. The lowest BCUT2D eigenvalue weighted by molar-refractivity contribution is -0.384. The minimum Gasteiger partial charge on any atom is -0.397 e. The highest BCUT2D eigenvalue weighted by atomic mass is 35.5. The number of nitrogen functional groups attached to an aromatic ring is 1. The molecule has 0 fully saturated rings. The summed E-state index contributed by atoms with van der Waals surface area (Å²) in [5, 5.41) is 19.9. The highest BCUT2D eigenvalue weighted by Crippen LogP contribution is 2.37. The van der Waals surface area contributed by atoms with Crippen molar-refractivity contribution in [3.63, 3.8) is 0 Å². The number of nitro groups is 1. The number of azo groups is 1. The molecule has 0 aliphatic carbocycles. The number of anilines is 1. The van der Waals surface area contributed by atoms with Crippen molar-refractivity contribution in [3.05, 3.63) is 63.7 Å². The van der Waals surface area contributed by atoms with Gasteiger partial charge in [-0.25, -0.2) is 13.1 Å². The van der Waals surface area contributed by atoms with E-state index in [9.17, 15) is 18.5 Å². The molecule has 0 aliphatic heterocycles. The van der Waals surface area contributed by atoms with Crippen molar-refractivity contribution in [1.82, 2.24) is 4.72 Å². The molecule has 0 spiro atoms. The third-order valence-corrected chi connectivity index (χ3v) is 5.76. The smallest absolute Gasteiger partial charge is 0.271 e. The van der Waals surface area contributed by atoms with E-state index >= 15 is 0 Å². The lowest BCUT2D eigenvalue weighted by Gasteiger charge is -2.10. The van der Waals surface area contributed by atoms with Crippen molar-refractivity contribution in [3.8, 4) is 0 Å². The van der Waals surface area contributed by atoms with Gasteiger partial charge in [0, 0.05) is 22.9 Å². The third kappa shape index (κ3) is 3.65. The lowest BCUT2D eigenvalue weighted by atomic mass is 10.1. The fraction of sp³-hybridized carbons (Fsp3) is 0.0588. The molecule has 0 amide bonds. The molecule has 11 heteroatoms. The van der Waals surface area contributed by atoms with Crippen LogP contribution in [0.5, 0.6) is 0 Å². The van der Waals surface area contributed by atoms with Crippen LogP contribution in [-0.4, -0.2) is 20.4 Å². The first-order chi connectivity index (χ1) is 13.2. The molecule has 3 N–H and O–H groups in total. The highest BCUT2D eigenvalue weighted by Gasteiger charge is 2.17. The summed E-state index contributed by atoms with van der Waals surface area (Å²) in [6.45, 7) is 0. The van der Waals surface area contributed by atoms with Crippen molar-refractivity contribution >= 4 is 55.1 Å². The van der Waals surface area contributed by atoms with E-state index in [1.807, 2.05) is 0 Å². The van der Waals surface area contributed by atoms with Crippen LogP contribution in [-0.2, 0) is 10.0 Å². The maximum atomic E-state index is 12.3. The molecule has 0 aliphatic rings. The molecule has 144 valence electrons. The number of rotatable bonds is 5. The van der Waals surface area contributed by atoms with Gasteiger partial charge in [-0.2, -0.15) is 0 Å². The van der Waals surface area contributed by atoms with E-state index in [1.54, 1.807) is 18.2 Å². The number of nitro benzene ring substituents is 1. The van der Waals surface area contributed by atoms with Gasteiger partial charge in [0.2, 0.25) is 10.0 Å². The molecule has 0 heterocycles. The Morgan fingerprint density at radius 1 is 1.11 bits per heavy atom. The van der Waals surface area contributed by atoms with Crippen molar-refractivity contribution in [2.45, 2.75) is 4.90 Å². The van der Waals surface area contributed by atoms with Gasteiger partial charge in [0.05, 0.1) is 20.5 Å². The van der Waals surface area contributed by atoms with Crippen molar-refractivity contribution < 1.29 is 13.3 Å². The molecule has 0 aromatic heterocycles. The van der Waals surface area contributed by atoms with Crippen LogP contribution < -0.4 is 10.5 Å². The zero-order valence-electron chi connectivity index (χ0n) is 14.5.